The molecule has 0 saturated heterocycles. The number of nitrogens with two attached hydrogens (primary N) is 1. The average Bonchev–Trinajstić information content (AvgIpc) is 2.49. The molecule has 0 saturated carbocycles. The molecule has 0 radical (unpaired) electrons. The Balaban J connectivity index is 1.93. The Kier molecular flexibility index (Phi) is 4.63. The van der Waals surface area contributed by atoms with Gasteiger partial charge in [-0.2, -0.15) is 0 Å². The van der Waals surface area contributed by atoms with Crippen molar-refractivity contribution in [2.45, 2.75) is 12.5 Å². The fourth-order valence-electron chi connectivity index (χ4n) is 1.75. The minimum Gasteiger partial charge on any atom is -0.388 e. The minimum absolute atomic E-state index is 0.327. The van der Waals surface area contributed by atoms with Crippen LogP contribution in [0.5, 0.6) is 0 Å². The standard InChI is InChI=1S/C16H15NO3/c17-14(11-12-7-3-1-4-8-12)16(19)20-15(18)13-9-5-2-6-10-13/h1-10,14H,11,17H2/t14-/m0/s1. The molecule has 20 heavy (non-hydrogen) atoms. The minimum atomic E-state index is -0.856. The predicted octanol–water partition coefficient (Wildman–Crippen LogP) is 1.94. The lowest BCUT2D eigenvalue weighted by Gasteiger charge is -2.10. The van der Waals surface area contributed by atoms with E-state index in [4.69, 9.17) is 10.5 Å². The predicted molar refractivity (Wildman–Crippen MR) is 75.0 cm³/mol. The van der Waals surface area contributed by atoms with E-state index in [2.05, 4.69) is 0 Å². The number of carbonyl (C=O) groups excluding carboxylic acids is 2. The van der Waals surface area contributed by atoms with E-state index < -0.39 is 18.0 Å². The van der Waals surface area contributed by atoms with Crippen LogP contribution in [0.25, 0.3) is 0 Å². The third-order valence-corrected chi connectivity index (χ3v) is 2.80. The molecule has 102 valence electrons. The SMILES string of the molecule is N[C@@H](Cc1ccccc1)C(=O)OC(=O)c1ccccc1. The molecule has 2 N–H and O–H groups in total. The molecule has 2 rings (SSSR count). The van der Waals surface area contributed by atoms with Crippen LogP contribution in [0.4, 0.5) is 0 Å². The van der Waals surface area contributed by atoms with Gasteiger partial charge in [-0.1, -0.05) is 48.5 Å². The first-order valence-corrected chi connectivity index (χ1v) is 6.27. The van der Waals surface area contributed by atoms with Gasteiger partial charge in [-0.05, 0) is 24.1 Å². The summed E-state index contributed by atoms with van der Waals surface area (Å²) >= 11 is 0. The van der Waals surface area contributed by atoms with Gasteiger partial charge in [-0.15, -0.1) is 0 Å². The van der Waals surface area contributed by atoms with Gasteiger partial charge in [0.05, 0.1) is 5.56 Å². The van der Waals surface area contributed by atoms with E-state index in [-0.39, 0.29) is 0 Å². The number of hydrogen-bond acceptors (Lipinski definition) is 4. The summed E-state index contributed by atoms with van der Waals surface area (Å²) in [5, 5.41) is 0. The van der Waals surface area contributed by atoms with Crippen molar-refractivity contribution in [3.63, 3.8) is 0 Å². The van der Waals surface area contributed by atoms with E-state index in [0.29, 0.717) is 12.0 Å². The molecule has 0 fully saturated rings. The van der Waals surface area contributed by atoms with Crippen molar-refractivity contribution in [2.75, 3.05) is 0 Å². The fraction of sp³-hybridized carbons (Fsp3) is 0.125. The molecule has 0 aromatic heterocycles. The molecule has 0 bridgehead atoms. The highest BCUT2D eigenvalue weighted by Gasteiger charge is 2.20. The van der Waals surface area contributed by atoms with Crippen LogP contribution in [0.3, 0.4) is 0 Å². The molecular weight excluding hydrogens is 254 g/mol. The molecule has 0 spiro atoms. The quantitative estimate of drug-likeness (QED) is 0.680. The molecule has 4 heteroatoms. The van der Waals surface area contributed by atoms with Crippen molar-refractivity contribution in [2.24, 2.45) is 5.73 Å². The molecule has 0 aliphatic heterocycles. The van der Waals surface area contributed by atoms with E-state index in [1.54, 1.807) is 30.3 Å². The van der Waals surface area contributed by atoms with Crippen LogP contribution in [0.1, 0.15) is 15.9 Å². The number of carbonyl (C=O) groups is 2. The lowest BCUT2D eigenvalue weighted by molar-refractivity contribution is -0.139. The Labute approximate surface area is 117 Å². The number of rotatable bonds is 4. The third-order valence-electron chi connectivity index (χ3n) is 2.80. The lowest BCUT2D eigenvalue weighted by atomic mass is 10.1. The summed E-state index contributed by atoms with van der Waals surface area (Å²) in [5.74, 6) is -1.40. The summed E-state index contributed by atoms with van der Waals surface area (Å²) in [4.78, 5) is 23.5. The first-order chi connectivity index (χ1) is 9.66. The molecule has 0 aliphatic rings. The van der Waals surface area contributed by atoms with Crippen molar-refractivity contribution >= 4 is 11.9 Å². The molecule has 0 unspecified atom stereocenters. The smallest absolute Gasteiger partial charge is 0.345 e. The average molecular weight is 269 g/mol. The first-order valence-electron chi connectivity index (χ1n) is 6.27. The van der Waals surface area contributed by atoms with Gasteiger partial charge in [0.15, 0.2) is 0 Å². The largest absolute Gasteiger partial charge is 0.388 e. The van der Waals surface area contributed by atoms with Crippen LogP contribution >= 0.6 is 0 Å². The van der Waals surface area contributed by atoms with Crippen LogP contribution in [0, 0.1) is 0 Å². The maximum absolute atomic E-state index is 11.8. The number of ether oxygens (including phenoxy) is 1. The van der Waals surface area contributed by atoms with Crippen molar-refractivity contribution in [1.82, 2.24) is 0 Å². The topological polar surface area (TPSA) is 69.4 Å². The van der Waals surface area contributed by atoms with Crippen LogP contribution in [0.15, 0.2) is 60.7 Å². The van der Waals surface area contributed by atoms with Gasteiger partial charge in [0.25, 0.3) is 0 Å². The normalized spacial score (nSPS) is 11.7. The van der Waals surface area contributed by atoms with Gasteiger partial charge in [-0.25, -0.2) is 9.59 Å². The monoisotopic (exact) mass is 269 g/mol. The van der Waals surface area contributed by atoms with Gasteiger partial charge in [-0.3, -0.25) is 0 Å². The molecular formula is C16H15NO3. The highest BCUT2D eigenvalue weighted by atomic mass is 16.6. The molecule has 2 aromatic carbocycles. The van der Waals surface area contributed by atoms with Gasteiger partial charge >= 0.3 is 11.9 Å². The Morgan fingerprint density at radius 3 is 2.10 bits per heavy atom. The van der Waals surface area contributed by atoms with Gasteiger partial charge in [0, 0.05) is 0 Å². The third kappa shape index (κ3) is 3.76. The second kappa shape index (κ2) is 6.63. The van der Waals surface area contributed by atoms with Crippen LogP contribution < -0.4 is 5.73 Å². The summed E-state index contributed by atoms with van der Waals surface area (Å²) in [6.45, 7) is 0. The maximum Gasteiger partial charge on any atom is 0.345 e. The molecule has 2 aromatic rings. The Morgan fingerprint density at radius 1 is 0.950 bits per heavy atom. The van der Waals surface area contributed by atoms with Crippen LogP contribution in [-0.2, 0) is 16.0 Å². The molecule has 0 amide bonds. The fourth-order valence-corrected chi connectivity index (χ4v) is 1.75. The number of hydrogen-bond donors (Lipinski definition) is 1. The molecule has 4 nitrogen and oxygen atoms in total. The zero-order valence-corrected chi connectivity index (χ0v) is 10.9. The van der Waals surface area contributed by atoms with Crippen molar-refractivity contribution in [1.29, 1.82) is 0 Å². The van der Waals surface area contributed by atoms with E-state index in [9.17, 15) is 9.59 Å². The first kappa shape index (κ1) is 14.0. The molecule has 0 heterocycles. The van der Waals surface area contributed by atoms with Crippen LogP contribution in [-0.4, -0.2) is 18.0 Å². The van der Waals surface area contributed by atoms with Crippen molar-refractivity contribution in [3.05, 3.63) is 71.8 Å². The van der Waals surface area contributed by atoms with Crippen molar-refractivity contribution < 1.29 is 14.3 Å². The summed E-state index contributed by atoms with van der Waals surface area (Å²) < 4.78 is 4.77. The highest BCUT2D eigenvalue weighted by Crippen LogP contribution is 2.05. The Morgan fingerprint density at radius 2 is 1.50 bits per heavy atom. The van der Waals surface area contributed by atoms with E-state index >= 15 is 0 Å². The lowest BCUT2D eigenvalue weighted by Crippen LogP contribution is -2.35. The second-order valence-electron chi connectivity index (χ2n) is 4.37. The summed E-state index contributed by atoms with van der Waals surface area (Å²) in [6, 6.07) is 16.8. The number of benzene rings is 2. The zero-order valence-electron chi connectivity index (χ0n) is 10.9. The van der Waals surface area contributed by atoms with Crippen molar-refractivity contribution in [3.8, 4) is 0 Å². The zero-order chi connectivity index (χ0) is 14.4. The van der Waals surface area contributed by atoms with E-state index in [1.165, 1.54) is 0 Å². The number of esters is 2. The Hall–Kier alpha value is -2.46. The second-order valence-corrected chi connectivity index (χ2v) is 4.37. The summed E-state index contributed by atoms with van der Waals surface area (Å²) in [6.07, 6.45) is 0.335. The van der Waals surface area contributed by atoms with Crippen LogP contribution in [0.2, 0.25) is 0 Å². The van der Waals surface area contributed by atoms with E-state index in [0.717, 1.165) is 5.56 Å². The van der Waals surface area contributed by atoms with Gasteiger partial charge < -0.3 is 10.5 Å². The molecule has 0 aliphatic carbocycles. The summed E-state index contributed by atoms with van der Waals surface area (Å²) in [7, 11) is 0. The van der Waals surface area contributed by atoms with Gasteiger partial charge in [0.2, 0.25) is 0 Å². The maximum atomic E-state index is 11.8. The summed E-state index contributed by atoms with van der Waals surface area (Å²) in [5.41, 5.74) is 7.00. The molecule has 1 atom stereocenters. The van der Waals surface area contributed by atoms with Gasteiger partial charge in [0.1, 0.15) is 6.04 Å². The highest BCUT2D eigenvalue weighted by molar-refractivity contribution is 5.98. The van der Waals surface area contributed by atoms with E-state index in [1.807, 2.05) is 30.3 Å². The Bertz CT molecular complexity index is 581.